The van der Waals surface area contributed by atoms with Crippen molar-refractivity contribution in [3.05, 3.63) is 29.8 Å². The predicted octanol–water partition coefficient (Wildman–Crippen LogP) is 0.827. The molecular weight excluding hydrogens is 308 g/mol. The maximum absolute atomic E-state index is 13.7. The minimum absolute atomic E-state index is 0.0339. The molecule has 1 heterocycles. The number of carbonyl (C=O) groups is 1. The van der Waals surface area contributed by atoms with Gasteiger partial charge < -0.3 is 9.84 Å². The number of carboxylic acids is 1. The Labute approximate surface area is 120 Å². The second-order valence-corrected chi connectivity index (χ2v) is 6.46. The van der Waals surface area contributed by atoms with Crippen molar-refractivity contribution in [1.29, 1.82) is 0 Å². The van der Waals surface area contributed by atoms with Gasteiger partial charge in [-0.3, -0.25) is 4.79 Å². The van der Waals surface area contributed by atoms with E-state index >= 15 is 0 Å². The third-order valence-corrected chi connectivity index (χ3v) is 5.22. The highest BCUT2D eigenvalue weighted by atomic mass is 32.2. The summed E-state index contributed by atoms with van der Waals surface area (Å²) in [6.45, 7) is -0.202. The van der Waals surface area contributed by atoms with E-state index in [1.54, 1.807) is 0 Å². The standard InChI is InChI=1S/C12H13F2NO5S/c1-20-8-5-10(12(16)17)15(6-8)21(18,19)11-3-2-7(13)4-9(11)14/h2-4,8,10H,5-6H2,1H3,(H,16,17). The molecule has 1 aromatic rings. The van der Waals surface area contributed by atoms with E-state index in [9.17, 15) is 22.0 Å². The summed E-state index contributed by atoms with van der Waals surface area (Å²) in [6.07, 6.45) is -0.627. The van der Waals surface area contributed by atoms with Gasteiger partial charge in [-0.15, -0.1) is 0 Å². The van der Waals surface area contributed by atoms with Gasteiger partial charge in [0.1, 0.15) is 22.6 Å². The topological polar surface area (TPSA) is 83.9 Å². The van der Waals surface area contributed by atoms with Gasteiger partial charge in [0, 0.05) is 26.1 Å². The van der Waals surface area contributed by atoms with Gasteiger partial charge in [0.15, 0.2) is 0 Å². The van der Waals surface area contributed by atoms with Crippen LogP contribution in [-0.4, -0.2) is 49.6 Å². The van der Waals surface area contributed by atoms with Crippen molar-refractivity contribution in [3.63, 3.8) is 0 Å². The first-order chi connectivity index (χ1) is 9.77. The van der Waals surface area contributed by atoms with Gasteiger partial charge in [0.2, 0.25) is 10.0 Å². The van der Waals surface area contributed by atoms with Crippen LogP contribution in [0.25, 0.3) is 0 Å². The molecule has 2 rings (SSSR count). The van der Waals surface area contributed by atoms with Crippen molar-refractivity contribution < 1.29 is 31.8 Å². The summed E-state index contributed by atoms with van der Waals surface area (Å²) >= 11 is 0. The fourth-order valence-corrected chi connectivity index (χ4v) is 3.91. The summed E-state index contributed by atoms with van der Waals surface area (Å²) in [5, 5.41) is 9.11. The van der Waals surface area contributed by atoms with Gasteiger partial charge in [-0.1, -0.05) is 0 Å². The number of methoxy groups -OCH3 is 1. The summed E-state index contributed by atoms with van der Waals surface area (Å²) in [7, 11) is -3.06. The number of nitrogens with zero attached hydrogens (tertiary/aromatic N) is 1. The smallest absolute Gasteiger partial charge is 0.322 e. The molecule has 0 bridgehead atoms. The lowest BCUT2D eigenvalue weighted by Gasteiger charge is -2.21. The Hall–Kier alpha value is -1.58. The molecule has 0 amide bonds. The summed E-state index contributed by atoms with van der Waals surface area (Å²) < 4.78 is 57.0. The number of hydrogen-bond acceptors (Lipinski definition) is 4. The van der Waals surface area contributed by atoms with Crippen molar-refractivity contribution in [1.82, 2.24) is 4.31 Å². The van der Waals surface area contributed by atoms with Crippen molar-refractivity contribution in [3.8, 4) is 0 Å². The molecule has 1 aromatic carbocycles. The highest BCUT2D eigenvalue weighted by molar-refractivity contribution is 7.89. The lowest BCUT2D eigenvalue weighted by atomic mass is 10.2. The van der Waals surface area contributed by atoms with Crippen LogP contribution in [0, 0.1) is 11.6 Å². The zero-order chi connectivity index (χ0) is 15.8. The van der Waals surface area contributed by atoms with Crippen LogP contribution >= 0.6 is 0 Å². The lowest BCUT2D eigenvalue weighted by molar-refractivity contribution is -0.140. The molecule has 1 aliphatic heterocycles. The monoisotopic (exact) mass is 321 g/mol. The number of benzene rings is 1. The predicted molar refractivity (Wildman–Crippen MR) is 67.1 cm³/mol. The number of halogens is 2. The number of carboxylic acid groups (broad SMARTS) is 1. The first-order valence-electron chi connectivity index (χ1n) is 6.00. The minimum atomic E-state index is -4.39. The Morgan fingerprint density at radius 2 is 2.10 bits per heavy atom. The first kappa shape index (κ1) is 15.8. The Bertz CT molecular complexity index is 664. The molecule has 1 fully saturated rings. The second-order valence-electron chi connectivity index (χ2n) is 4.60. The van der Waals surface area contributed by atoms with Crippen molar-refractivity contribution in [2.45, 2.75) is 23.5 Å². The van der Waals surface area contributed by atoms with E-state index in [0.29, 0.717) is 10.4 Å². The number of sulfonamides is 1. The van der Waals surface area contributed by atoms with Crippen LogP contribution < -0.4 is 0 Å². The Kier molecular flexibility index (Phi) is 4.26. The van der Waals surface area contributed by atoms with E-state index in [-0.39, 0.29) is 13.0 Å². The van der Waals surface area contributed by atoms with Crippen LogP contribution in [0.1, 0.15) is 6.42 Å². The van der Waals surface area contributed by atoms with Crippen molar-refractivity contribution in [2.75, 3.05) is 13.7 Å². The number of ether oxygens (including phenoxy) is 1. The molecule has 116 valence electrons. The third kappa shape index (κ3) is 2.89. The van der Waals surface area contributed by atoms with Crippen LogP contribution in [0.5, 0.6) is 0 Å². The zero-order valence-corrected chi connectivity index (χ0v) is 11.8. The molecule has 0 saturated carbocycles. The molecule has 2 atom stereocenters. The quantitative estimate of drug-likeness (QED) is 0.888. The van der Waals surface area contributed by atoms with Gasteiger partial charge in [-0.25, -0.2) is 17.2 Å². The largest absolute Gasteiger partial charge is 0.480 e. The van der Waals surface area contributed by atoms with E-state index in [4.69, 9.17) is 9.84 Å². The first-order valence-corrected chi connectivity index (χ1v) is 7.44. The summed E-state index contributed by atoms with van der Waals surface area (Å²) in [5.41, 5.74) is 0. The van der Waals surface area contributed by atoms with Gasteiger partial charge in [-0.05, 0) is 12.1 Å². The summed E-state index contributed by atoms with van der Waals surface area (Å²) in [5.74, 6) is -3.53. The fourth-order valence-electron chi connectivity index (χ4n) is 2.24. The van der Waals surface area contributed by atoms with E-state index in [1.807, 2.05) is 0 Å². The molecule has 9 heteroatoms. The molecule has 6 nitrogen and oxygen atoms in total. The number of rotatable bonds is 4. The second kappa shape index (κ2) is 5.66. The van der Waals surface area contributed by atoms with E-state index < -0.39 is 44.7 Å². The molecule has 2 unspecified atom stereocenters. The molecule has 21 heavy (non-hydrogen) atoms. The molecule has 0 aliphatic carbocycles. The number of hydrogen-bond donors (Lipinski definition) is 1. The van der Waals surface area contributed by atoms with Crippen LogP contribution in [0.4, 0.5) is 8.78 Å². The molecule has 0 spiro atoms. The Morgan fingerprint density at radius 1 is 1.43 bits per heavy atom. The fraction of sp³-hybridized carbons (Fsp3) is 0.417. The van der Waals surface area contributed by atoms with Gasteiger partial charge in [0.25, 0.3) is 0 Å². The summed E-state index contributed by atoms with van der Waals surface area (Å²) in [6, 6.07) is 0.672. The van der Waals surface area contributed by atoms with Crippen molar-refractivity contribution in [2.24, 2.45) is 0 Å². The molecule has 1 N–H and O–H groups in total. The average molecular weight is 321 g/mol. The Morgan fingerprint density at radius 3 is 2.62 bits per heavy atom. The van der Waals surface area contributed by atoms with Gasteiger partial charge in [0.05, 0.1) is 6.10 Å². The van der Waals surface area contributed by atoms with E-state index in [2.05, 4.69) is 0 Å². The maximum Gasteiger partial charge on any atom is 0.322 e. The van der Waals surface area contributed by atoms with Crippen LogP contribution in [0.3, 0.4) is 0 Å². The normalized spacial score (nSPS) is 23.4. The zero-order valence-electron chi connectivity index (χ0n) is 11.0. The molecule has 1 aliphatic rings. The number of aliphatic carboxylic acids is 1. The van der Waals surface area contributed by atoms with Crippen molar-refractivity contribution >= 4 is 16.0 Å². The van der Waals surface area contributed by atoms with Crippen LogP contribution in [0.15, 0.2) is 23.1 Å². The van der Waals surface area contributed by atoms with E-state index in [0.717, 1.165) is 12.1 Å². The third-order valence-electron chi connectivity index (χ3n) is 3.32. The molecule has 1 saturated heterocycles. The Balaban J connectivity index is 2.44. The summed E-state index contributed by atoms with van der Waals surface area (Å²) in [4.78, 5) is 10.4. The molecule has 0 radical (unpaired) electrons. The highest BCUT2D eigenvalue weighted by Crippen LogP contribution is 2.29. The van der Waals surface area contributed by atoms with Crippen LogP contribution in [0.2, 0.25) is 0 Å². The molecule has 0 aromatic heterocycles. The molecular formula is C12H13F2NO5S. The lowest BCUT2D eigenvalue weighted by Crippen LogP contribution is -2.40. The van der Waals surface area contributed by atoms with Gasteiger partial charge in [-0.2, -0.15) is 4.31 Å². The maximum atomic E-state index is 13.7. The minimum Gasteiger partial charge on any atom is -0.480 e. The van der Waals surface area contributed by atoms with E-state index in [1.165, 1.54) is 7.11 Å². The highest BCUT2D eigenvalue weighted by Gasteiger charge is 2.45. The van der Waals surface area contributed by atoms with Crippen LogP contribution in [-0.2, 0) is 19.6 Å². The SMILES string of the molecule is COC1CC(C(=O)O)N(S(=O)(=O)c2ccc(F)cc2F)C1. The average Bonchev–Trinajstić information content (AvgIpc) is 2.83. The van der Waals surface area contributed by atoms with Gasteiger partial charge >= 0.3 is 5.97 Å².